The fourth-order valence-corrected chi connectivity index (χ4v) is 3.20. The van der Waals surface area contributed by atoms with Gasteiger partial charge in [-0.15, -0.1) is 0 Å². The molecule has 3 N–H and O–H groups in total. The minimum absolute atomic E-state index is 0.0175. The summed E-state index contributed by atoms with van der Waals surface area (Å²) in [6, 6.07) is 3.20. The number of hydrogen-bond donors (Lipinski definition) is 2. The van der Waals surface area contributed by atoms with Crippen LogP contribution in [0.2, 0.25) is 0 Å². The molecular formula is C14H23N3O4S. The Kier molecular flexibility index (Phi) is 5.25. The first kappa shape index (κ1) is 17.0. The van der Waals surface area contributed by atoms with Crippen LogP contribution < -0.4 is 10.5 Å². The van der Waals surface area contributed by atoms with Gasteiger partial charge in [-0.2, -0.15) is 0 Å². The van der Waals surface area contributed by atoms with Crippen molar-refractivity contribution in [3.63, 3.8) is 0 Å². The maximum atomic E-state index is 12.6. The number of piperidine rings is 1. The molecule has 0 radical (unpaired) electrons. The molecule has 1 saturated heterocycles. The molecule has 2 heterocycles. The lowest BCUT2D eigenvalue weighted by molar-refractivity contribution is 0.0499. The van der Waals surface area contributed by atoms with Crippen LogP contribution in [0, 0.1) is 5.92 Å². The molecule has 22 heavy (non-hydrogen) atoms. The molecule has 8 heteroatoms. The van der Waals surface area contributed by atoms with Gasteiger partial charge in [0.15, 0.2) is 5.76 Å². The Morgan fingerprint density at radius 3 is 2.86 bits per heavy atom. The molecule has 2 rings (SSSR count). The molecule has 0 aromatic carbocycles. The Bertz CT molecular complexity index is 626. The Balaban J connectivity index is 2.07. The van der Waals surface area contributed by atoms with Crippen molar-refractivity contribution in [2.75, 3.05) is 19.3 Å². The van der Waals surface area contributed by atoms with Gasteiger partial charge in [0.25, 0.3) is 5.91 Å². The van der Waals surface area contributed by atoms with Crippen LogP contribution in [0.3, 0.4) is 0 Å². The summed E-state index contributed by atoms with van der Waals surface area (Å²) in [5, 5.41) is 0. The average Bonchev–Trinajstić information content (AvgIpc) is 2.92. The highest BCUT2D eigenvalue weighted by atomic mass is 32.2. The molecule has 7 nitrogen and oxygen atoms in total. The van der Waals surface area contributed by atoms with Gasteiger partial charge >= 0.3 is 0 Å². The van der Waals surface area contributed by atoms with Crippen LogP contribution >= 0.6 is 0 Å². The average molecular weight is 329 g/mol. The van der Waals surface area contributed by atoms with E-state index in [1.54, 1.807) is 17.0 Å². The smallest absolute Gasteiger partial charge is 0.289 e. The Morgan fingerprint density at radius 1 is 1.50 bits per heavy atom. The van der Waals surface area contributed by atoms with E-state index in [1.165, 1.54) is 0 Å². The van der Waals surface area contributed by atoms with Gasteiger partial charge in [-0.1, -0.05) is 6.92 Å². The highest BCUT2D eigenvalue weighted by Crippen LogP contribution is 2.24. The van der Waals surface area contributed by atoms with Crippen molar-refractivity contribution in [1.82, 2.24) is 9.62 Å². The van der Waals surface area contributed by atoms with Crippen molar-refractivity contribution in [2.24, 2.45) is 11.7 Å². The Labute approximate surface area is 130 Å². The number of sulfonamides is 1. The van der Waals surface area contributed by atoms with Crippen LogP contribution in [-0.4, -0.2) is 44.6 Å². The quantitative estimate of drug-likeness (QED) is 0.819. The zero-order chi connectivity index (χ0) is 16.3. The normalized spacial score (nSPS) is 22.8. The molecule has 1 aromatic rings. The summed E-state index contributed by atoms with van der Waals surface area (Å²) in [7, 11) is -3.30. The second-order valence-corrected chi connectivity index (χ2v) is 7.61. The minimum Gasteiger partial charge on any atom is -0.455 e. The van der Waals surface area contributed by atoms with Gasteiger partial charge in [-0.05, 0) is 30.9 Å². The number of carbonyl (C=O) groups excluding carboxylic acids is 1. The molecule has 124 valence electrons. The van der Waals surface area contributed by atoms with Gasteiger partial charge in [0.2, 0.25) is 10.0 Å². The third kappa shape index (κ3) is 4.08. The van der Waals surface area contributed by atoms with E-state index in [9.17, 15) is 13.2 Å². The zero-order valence-electron chi connectivity index (χ0n) is 12.9. The maximum Gasteiger partial charge on any atom is 0.289 e. The summed E-state index contributed by atoms with van der Waals surface area (Å²) in [5.74, 6) is 0.803. The third-order valence-electron chi connectivity index (χ3n) is 4.00. The largest absolute Gasteiger partial charge is 0.455 e. The summed E-state index contributed by atoms with van der Waals surface area (Å²) >= 11 is 0. The number of amides is 1. The lowest BCUT2D eigenvalue weighted by Crippen LogP contribution is -2.51. The van der Waals surface area contributed by atoms with Crippen LogP contribution in [0.1, 0.15) is 36.1 Å². The molecule has 0 aliphatic carbocycles. The van der Waals surface area contributed by atoms with Crippen molar-refractivity contribution in [3.8, 4) is 0 Å². The number of nitrogens with zero attached hydrogens (tertiary/aromatic N) is 1. The monoisotopic (exact) mass is 329 g/mol. The molecule has 1 amide bonds. The fourth-order valence-electron chi connectivity index (χ4n) is 2.79. The first-order chi connectivity index (χ1) is 10.3. The Hall–Kier alpha value is -1.38. The number of rotatable bonds is 5. The molecule has 1 aromatic heterocycles. The summed E-state index contributed by atoms with van der Waals surface area (Å²) in [4.78, 5) is 14.3. The summed E-state index contributed by atoms with van der Waals surface area (Å²) in [6.07, 6.45) is 3.09. The predicted octanol–water partition coefficient (Wildman–Crippen LogP) is 0.528. The number of hydrogen-bond acceptors (Lipinski definition) is 5. The summed E-state index contributed by atoms with van der Waals surface area (Å²) in [5.41, 5.74) is 5.80. The standard InChI is InChI=1S/C14H23N3O4S/c1-10-4-3-7-17(12(10)8-15)14(18)13-6-5-11(21-13)9-16-22(2,19)20/h5-6,10,12,16H,3-4,7-9,15H2,1-2H3. The highest BCUT2D eigenvalue weighted by Gasteiger charge is 2.32. The number of nitrogens with one attached hydrogen (secondary N) is 1. The van der Waals surface area contributed by atoms with Crippen LogP contribution in [-0.2, 0) is 16.6 Å². The van der Waals surface area contributed by atoms with Crippen molar-refractivity contribution in [2.45, 2.75) is 32.4 Å². The van der Waals surface area contributed by atoms with Gasteiger partial charge in [-0.3, -0.25) is 4.79 Å². The lowest BCUT2D eigenvalue weighted by atomic mass is 9.90. The van der Waals surface area contributed by atoms with E-state index in [0.717, 1.165) is 19.1 Å². The molecule has 1 aliphatic rings. The first-order valence-electron chi connectivity index (χ1n) is 7.36. The van der Waals surface area contributed by atoms with Crippen LogP contribution in [0.25, 0.3) is 0 Å². The van der Waals surface area contributed by atoms with Crippen LogP contribution in [0.5, 0.6) is 0 Å². The van der Waals surface area contributed by atoms with E-state index in [4.69, 9.17) is 10.2 Å². The van der Waals surface area contributed by atoms with Gasteiger partial charge in [-0.25, -0.2) is 13.1 Å². The third-order valence-corrected chi connectivity index (χ3v) is 4.67. The van der Waals surface area contributed by atoms with E-state index in [1.807, 2.05) is 0 Å². The summed E-state index contributed by atoms with van der Waals surface area (Å²) < 4.78 is 29.9. The lowest BCUT2D eigenvalue weighted by Gasteiger charge is -2.38. The van der Waals surface area contributed by atoms with Gasteiger partial charge in [0, 0.05) is 19.1 Å². The number of likely N-dealkylation sites (tertiary alicyclic amines) is 1. The molecular weight excluding hydrogens is 306 g/mol. The molecule has 1 aliphatic heterocycles. The second kappa shape index (κ2) is 6.80. The van der Waals surface area contributed by atoms with Gasteiger partial charge < -0.3 is 15.1 Å². The van der Waals surface area contributed by atoms with Gasteiger partial charge in [0.05, 0.1) is 12.8 Å². The van der Waals surface area contributed by atoms with E-state index < -0.39 is 10.0 Å². The topological polar surface area (TPSA) is 106 Å². The van der Waals surface area contributed by atoms with E-state index >= 15 is 0 Å². The van der Waals surface area contributed by atoms with Crippen molar-refractivity contribution in [1.29, 1.82) is 0 Å². The maximum absolute atomic E-state index is 12.6. The van der Waals surface area contributed by atoms with Crippen molar-refractivity contribution in [3.05, 3.63) is 23.7 Å². The number of furan rings is 1. The molecule has 0 bridgehead atoms. The van der Waals surface area contributed by atoms with Crippen LogP contribution in [0.15, 0.2) is 16.5 Å². The SMILES string of the molecule is CC1CCCN(C(=O)c2ccc(CNS(C)(=O)=O)o2)C1CN. The van der Waals surface area contributed by atoms with E-state index in [2.05, 4.69) is 11.6 Å². The first-order valence-corrected chi connectivity index (χ1v) is 9.25. The van der Waals surface area contributed by atoms with E-state index in [0.29, 0.717) is 24.8 Å². The minimum atomic E-state index is -3.30. The Morgan fingerprint density at radius 2 is 2.23 bits per heavy atom. The molecule has 2 unspecified atom stereocenters. The molecule has 1 fully saturated rings. The predicted molar refractivity (Wildman–Crippen MR) is 82.7 cm³/mol. The molecule has 0 spiro atoms. The molecule has 0 saturated carbocycles. The fraction of sp³-hybridized carbons (Fsp3) is 0.643. The van der Waals surface area contributed by atoms with Crippen molar-refractivity contribution >= 4 is 15.9 Å². The zero-order valence-corrected chi connectivity index (χ0v) is 13.7. The number of nitrogens with two attached hydrogens (primary N) is 1. The molecule has 2 atom stereocenters. The highest BCUT2D eigenvalue weighted by molar-refractivity contribution is 7.88. The van der Waals surface area contributed by atoms with Crippen LogP contribution in [0.4, 0.5) is 0 Å². The van der Waals surface area contributed by atoms with E-state index in [-0.39, 0.29) is 24.3 Å². The second-order valence-electron chi connectivity index (χ2n) is 5.78. The number of carbonyl (C=O) groups is 1. The van der Waals surface area contributed by atoms with Gasteiger partial charge in [0.1, 0.15) is 5.76 Å². The summed E-state index contributed by atoms with van der Waals surface area (Å²) in [6.45, 7) is 3.22. The van der Waals surface area contributed by atoms with Crippen molar-refractivity contribution < 1.29 is 17.6 Å².